The number of hydrogen-bond acceptors (Lipinski definition) is 5. The lowest BCUT2D eigenvalue weighted by Crippen LogP contribution is -2.34. The average Bonchev–Trinajstić information content (AvgIpc) is 2.96. The molecule has 5 heteroatoms. The largest absolute Gasteiger partial charge is 0.360 e. The SMILES string of the molecule is CC(C)CNCc1cc(CN2CC(C)C(N(C)C)C2)on1. The van der Waals surface area contributed by atoms with Gasteiger partial charge in [-0.2, -0.15) is 0 Å². The third-order valence-electron chi connectivity index (χ3n) is 4.16. The van der Waals surface area contributed by atoms with Crippen LogP contribution in [0.25, 0.3) is 0 Å². The number of rotatable bonds is 7. The lowest BCUT2D eigenvalue weighted by molar-refractivity contribution is 0.237. The van der Waals surface area contributed by atoms with E-state index in [1.165, 1.54) is 0 Å². The first-order valence-corrected chi connectivity index (χ1v) is 7.99. The average molecular weight is 294 g/mol. The minimum atomic E-state index is 0.639. The van der Waals surface area contributed by atoms with E-state index in [1.807, 2.05) is 0 Å². The summed E-state index contributed by atoms with van der Waals surface area (Å²) in [6, 6.07) is 2.72. The van der Waals surface area contributed by atoms with Crippen molar-refractivity contribution >= 4 is 0 Å². The molecule has 1 aliphatic heterocycles. The summed E-state index contributed by atoms with van der Waals surface area (Å²) in [6.07, 6.45) is 0. The number of nitrogens with zero attached hydrogens (tertiary/aromatic N) is 3. The van der Waals surface area contributed by atoms with Crippen LogP contribution < -0.4 is 5.32 Å². The van der Waals surface area contributed by atoms with Crippen molar-refractivity contribution in [3.8, 4) is 0 Å². The van der Waals surface area contributed by atoms with Crippen LogP contribution in [0.2, 0.25) is 0 Å². The highest BCUT2D eigenvalue weighted by Gasteiger charge is 2.31. The molecule has 0 bridgehead atoms. The summed E-state index contributed by atoms with van der Waals surface area (Å²) in [5, 5.41) is 7.55. The van der Waals surface area contributed by atoms with Gasteiger partial charge in [0.05, 0.1) is 12.2 Å². The van der Waals surface area contributed by atoms with E-state index >= 15 is 0 Å². The molecule has 2 heterocycles. The third-order valence-corrected chi connectivity index (χ3v) is 4.16. The van der Waals surface area contributed by atoms with Crippen LogP contribution in [-0.4, -0.2) is 54.7 Å². The zero-order valence-corrected chi connectivity index (χ0v) is 14.1. The second-order valence-electron chi connectivity index (χ2n) is 7.01. The van der Waals surface area contributed by atoms with Crippen LogP contribution in [0, 0.1) is 11.8 Å². The molecule has 0 spiro atoms. The summed E-state index contributed by atoms with van der Waals surface area (Å²) in [6.45, 7) is 11.6. The fourth-order valence-corrected chi connectivity index (χ4v) is 3.07. The molecule has 1 saturated heterocycles. The minimum Gasteiger partial charge on any atom is -0.360 e. The highest BCUT2D eigenvalue weighted by atomic mass is 16.5. The summed E-state index contributed by atoms with van der Waals surface area (Å²) in [4.78, 5) is 4.79. The summed E-state index contributed by atoms with van der Waals surface area (Å²) in [5.41, 5.74) is 1.00. The Bertz CT molecular complexity index is 430. The van der Waals surface area contributed by atoms with Crippen LogP contribution in [0.15, 0.2) is 10.6 Å². The van der Waals surface area contributed by atoms with Crippen molar-refractivity contribution < 1.29 is 4.52 Å². The molecule has 2 rings (SSSR count). The molecule has 1 aromatic heterocycles. The van der Waals surface area contributed by atoms with Gasteiger partial charge in [0, 0.05) is 31.7 Å². The number of hydrogen-bond donors (Lipinski definition) is 1. The molecule has 2 unspecified atom stereocenters. The smallest absolute Gasteiger partial charge is 0.151 e. The molecule has 0 saturated carbocycles. The van der Waals surface area contributed by atoms with Gasteiger partial charge >= 0.3 is 0 Å². The summed E-state index contributed by atoms with van der Waals surface area (Å²) < 4.78 is 5.47. The van der Waals surface area contributed by atoms with E-state index in [-0.39, 0.29) is 0 Å². The van der Waals surface area contributed by atoms with Crippen molar-refractivity contribution in [2.75, 3.05) is 33.7 Å². The Morgan fingerprint density at radius 3 is 2.81 bits per heavy atom. The molecule has 1 aliphatic rings. The van der Waals surface area contributed by atoms with Crippen molar-refractivity contribution in [1.29, 1.82) is 0 Å². The molecule has 21 heavy (non-hydrogen) atoms. The van der Waals surface area contributed by atoms with Crippen molar-refractivity contribution in [1.82, 2.24) is 20.3 Å². The van der Waals surface area contributed by atoms with Crippen LogP contribution in [0.1, 0.15) is 32.2 Å². The summed E-state index contributed by atoms with van der Waals surface area (Å²) >= 11 is 0. The predicted octanol–water partition coefficient (Wildman–Crippen LogP) is 1.80. The van der Waals surface area contributed by atoms with Gasteiger partial charge in [-0.25, -0.2) is 0 Å². The van der Waals surface area contributed by atoms with Crippen LogP contribution in [0.4, 0.5) is 0 Å². The minimum absolute atomic E-state index is 0.639. The Morgan fingerprint density at radius 1 is 1.43 bits per heavy atom. The molecule has 1 fully saturated rings. The third kappa shape index (κ3) is 4.80. The summed E-state index contributed by atoms with van der Waals surface area (Å²) in [7, 11) is 4.33. The zero-order valence-electron chi connectivity index (χ0n) is 14.1. The Kier molecular flexibility index (Phi) is 5.79. The van der Waals surface area contributed by atoms with E-state index in [0.29, 0.717) is 17.9 Å². The van der Waals surface area contributed by atoms with Crippen LogP contribution >= 0.6 is 0 Å². The lowest BCUT2D eigenvalue weighted by atomic mass is 10.1. The van der Waals surface area contributed by atoms with Crippen LogP contribution in [-0.2, 0) is 13.1 Å². The fraction of sp³-hybridized carbons (Fsp3) is 0.812. The van der Waals surface area contributed by atoms with Crippen molar-refractivity contribution in [3.63, 3.8) is 0 Å². The second kappa shape index (κ2) is 7.38. The van der Waals surface area contributed by atoms with Gasteiger partial charge in [0.25, 0.3) is 0 Å². The quantitative estimate of drug-likeness (QED) is 0.831. The Morgan fingerprint density at radius 2 is 2.19 bits per heavy atom. The number of aromatic nitrogens is 1. The van der Waals surface area contributed by atoms with Crippen molar-refractivity contribution in [2.24, 2.45) is 11.8 Å². The standard InChI is InChI=1S/C16H30N4O/c1-12(2)7-17-8-14-6-15(21-18-14)10-20-9-13(3)16(11-20)19(4)5/h6,12-13,16-17H,7-11H2,1-5H3. The maximum atomic E-state index is 5.47. The van der Waals surface area contributed by atoms with Crippen molar-refractivity contribution in [2.45, 2.75) is 39.9 Å². The maximum Gasteiger partial charge on any atom is 0.151 e. The Labute approximate surface area is 128 Å². The van der Waals surface area contributed by atoms with Crippen LogP contribution in [0.5, 0.6) is 0 Å². The number of likely N-dealkylation sites (tertiary alicyclic amines) is 1. The van der Waals surface area contributed by atoms with E-state index in [1.54, 1.807) is 0 Å². The zero-order chi connectivity index (χ0) is 15.4. The van der Waals surface area contributed by atoms with E-state index < -0.39 is 0 Å². The van der Waals surface area contributed by atoms with E-state index in [0.717, 1.165) is 44.2 Å². The fourth-order valence-electron chi connectivity index (χ4n) is 3.07. The number of likely N-dealkylation sites (N-methyl/N-ethyl adjacent to an activating group) is 1. The number of nitrogens with one attached hydrogen (secondary N) is 1. The van der Waals surface area contributed by atoms with Gasteiger partial charge in [-0.1, -0.05) is 25.9 Å². The van der Waals surface area contributed by atoms with E-state index in [9.17, 15) is 0 Å². The normalized spacial score (nSPS) is 23.6. The first-order chi connectivity index (χ1) is 9.95. The second-order valence-corrected chi connectivity index (χ2v) is 7.01. The van der Waals surface area contributed by atoms with Gasteiger partial charge in [-0.3, -0.25) is 4.90 Å². The highest BCUT2D eigenvalue weighted by Crippen LogP contribution is 2.22. The van der Waals surface area contributed by atoms with Crippen molar-refractivity contribution in [3.05, 3.63) is 17.5 Å². The van der Waals surface area contributed by atoms with Gasteiger partial charge in [0.1, 0.15) is 0 Å². The molecule has 1 N–H and O–H groups in total. The molecule has 0 aromatic carbocycles. The van der Waals surface area contributed by atoms with Crippen LogP contribution in [0.3, 0.4) is 0 Å². The highest BCUT2D eigenvalue weighted by molar-refractivity contribution is 5.06. The molecule has 0 radical (unpaired) electrons. The van der Waals surface area contributed by atoms with E-state index in [2.05, 4.69) is 61.2 Å². The maximum absolute atomic E-state index is 5.47. The first kappa shape index (κ1) is 16.5. The molecule has 0 amide bonds. The molecule has 0 aliphatic carbocycles. The first-order valence-electron chi connectivity index (χ1n) is 7.99. The predicted molar refractivity (Wildman–Crippen MR) is 85.0 cm³/mol. The lowest BCUT2D eigenvalue weighted by Gasteiger charge is -2.22. The summed E-state index contributed by atoms with van der Waals surface area (Å²) in [5.74, 6) is 2.34. The monoisotopic (exact) mass is 294 g/mol. The van der Waals surface area contributed by atoms with Gasteiger partial charge in [-0.15, -0.1) is 0 Å². The van der Waals surface area contributed by atoms with Gasteiger partial charge in [0.15, 0.2) is 5.76 Å². The molecule has 5 nitrogen and oxygen atoms in total. The molecule has 2 atom stereocenters. The van der Waals surface area contributed by atoms with E-state index in [4.69, 9.17) is 4.52 Å². The molecular weight excluding hydrogens is 264 g/mol. The Balaban J connectivity index is 1.80. The molecule has 1 aromatic rings. The molecular formula is C16H30N4O. The topological polar surface area (TPSA) is 44.5 Å². The molecule has 120 valence electrons. The van der Waals surface area contributed by atoms with Gasteiger partial charge < -0.3 is 14.7 Å². The van der Waals surface area contributed by atoms with Gasteiger partial charge in [0.2, 0.25) is 0 Å². The van der Waals surface area contributed by atoms with Gasteiger partial charge in [-0.05, 0) is 32.5 Å². The Hall–Kier alpha value is -0.910.